The van der Waals surface area contributed by atoms with Gasteiger partial charge >= 0.3 is 0 Å². The predicted molar refractivity (Wildman–Crippen MR) is 89.9 cm³/mol. The van der Waals surface area contributed by atoms with Crippen molar-refractivity contribution in [2.75, 3.05) is 0 Å². The van der Waals surface area contributed by atoms with Crippen LogP contribution in [0, 0.1) is 0 Å². The predicted octanol–water partition coefficient (Wildman–Crippen LogP) is 3.67. The van der Waals surface area contributed by atoms with Gasteiger partial charge in [0.1, 0.15) is 0 Å². The molecule has 3 aromatic rings. The molecule has 0 aliphatic heterocycles. The van der Waals surface area contributed by atoms with E-state index in [9.17, 15) is 4.79 Å². The lowest BCUT2D eigenvalue weighted by molar-refractivity contribution is 0.0952. The highest BCUT2D eigenvalue weighted by atomic mass is 16.1. The van der Waals surface area contributed by atoms with Gasteiger partial charge in [0.25, 0.3) is 5.91 Å². The Balaban J connectivity index is 1.75. The first-order valence-corrected chi connectivity index (χ1v) is 7.59. The van der Waals surface area contributed by atoms with Gasteiger partial charge in [-0.1, -0.05) is 49.4 Å². The third-order valence-corrected chi connectivity index (χ3v) is 4.03. The molecule has 0 saturated heterocycles. The SMILES string of the molecule is CCc1ccc(CNC(=O)c2cn(C)c3ccccc23)cc1. The van der Waals surface area contributed by atoms with Crippen LogP contribution < -0.4 is 5.32 Å². The van der Waals surface area contributed by atoms with Crippen molar-refractivity contribution in [3.8, 4) is 0 Å². The molecular weight excluding hydrogens is 272 g/mol. The summed E-state index contributed by atoms with van der Waals surface area (Å²) in [5.41, 5.74) is 4.22. The van der Waals surface area contributed by atoms with E-state index in [0.29, 0.717) is 6.54 Å². The topological polar surface area (TPSA) is 34.0 Å². The summed E-state index contributed by atoms with van der Waals surface area (Å²) in [6.07, 6.45) is 2.92. The molecule has 2 aromatic carbocycles. The first kappa shape index (κ1) is 14.4. The summed E-state index contributed by atoms with van der Waals surface area (Å²) in [4.78, 5) is 12.4. The normalized spacial score (nSPS) is 10.8. The average molecular weight is 292 g/mol. The highest BCUT2D eigenvalue weighted by Crippen LogP contribution is 2.20. The quantitative estimate of drug-likeness (QED) is 0.782. The van der Waals surface area contributed by atoms with E-state index < -0.39 is 0 Å². The molecule has 0 spiro atoms. The van der Waals surface area contributed by atoms with Crippen molar-refractivity contribution in [3.63, 3.8) is 0 Å². The van der Waals surface area contributed by atoms with Gasteiger partial charge < -0.3 is 9.88 Å². The second-order valence-corrected chi connectivity index (χ2v) is 5.52. The van der Waals surface area contributed by atoms with E-state index >= 15 is 0 Å². The van der Waals surface area contributed by atoms with Crippen LogP contribution >= 0.6 is 0 Å². The maximum absolute atomic E-state index is 12.4. The fourth-order valence-electron chi connectivity index (χ4n) is 2.69. The van der Waals surface area contributed by atoms with E-state index in [2.05, 4.69) is 36.5 Å². The number of carbonyl (C=O) groups is 1. The van der Waals surface area contributed by atoms with Gasteiger partial charge in [0.15, 0.2) is 0 Å². The minimum atomic E-state index is -0.0311. The van der Waals surface area contributed by atoms with Crippen LogP contribution in [0.5, 0.6) is 0 Å². The number of hydrogen-bond acceptors (Lipinski definition) is 1. The van der Waals surface area contributed by atoms with Crippen LogP contribution in [-0.4, -0.2) is 10.5 Å². The standard InChI is InChI=1S/C19H20N2O/c1-3-14-8-10-15(11-9-14)12-20-19(22)17-13-21(2)18-7-5-4-6-16(17)18/h4-11,13H,3,12H2,1-2H3,(H,20,22). The van der Waals surface area contributed by atoms with Crippen molar-refractivity contribution < 1.29 is 4.79 Å². The molecule has 0 bridgehead atoms. The second-order valence-electron chi connectivity index (χ2n) is 5.52. The minimum Gasteiger partial charge on any atom is -0.350 e. The molecule has 0 atom stereocenters. The summed E-state index contributed by atoms with van der Waals surface area (Å²) in [7, 11) is 1.96. The molecule has 112 valence electrons. The second kappa shape index (κ2) is 6.06. The zero-order chi connectivity index (χ0) is 15.5. The van der Waals surface area contributed by atoms with E-state index in [4.69, 9.17) is 0 Å². The molecule has 1 heterocycles. The maximum atomic E-state index is 12.4. The van der Waals surface area contributed by atoms with Gasteiger partial charge in [-0.25, -0.2) is 0 Å². The van der Waals surface area contributed by atoms with E-state index in [1.54, 1.807) is 0 Å². The van der Waals surface area contributed by atoms with Crippen molar-refractivity contribution >= 4 is 16.8 Å². The van der Waals surface area contributed by atoms with Crippen LogP contribution in [-0.2, 0) is 20.0 Å². The van der Waals surface area contributed by atoms with Gasteiger partial charge in [0.05, 0.1) is 5.56 Å². The molecule has 0 aliphatic rings. The van der Waals surface area contributed by atoms with Gasteiger partial charge in [-0.05, 0) is 23.6 Å². The van der Waals surface area contributed by atoms with E-state index in [0.717, 1.165) is 28.5 Å². The molecule has 0 radical (unpaired) electrons. The Morgan fingerprint density at radius 1 is 1.05 bits per heavy atom. The summed E-state index contributed by atoms with van der Waals surface area (Å²) in [5.74, 6) is -0.0311. The zero-order valence-electron chi connectivity index (χ0n) is 13.0. The number of benzene rings is 2. The van der Waals surface area contributed by atoms with Crippen molar-refractivity contribution in [3.05, 3.63) is 71.4 Å². The Morgan fingerprint density at radius 2 is 1.73 bits per heavy atom. The number of carbonyl (C=O) groups excluding carboxylic acids is 1. The molecule has 1 amide bonds. The van der Waals surface area contributed by atoms with Gasteiger partial charge in [0.2, 0.25) is 0 Å². The fraction of sp³-hybridized carbons (Fsp3) is 0.211. The van der Waals surface area contributed by atoms with E-state index in [1.807, 2.05) is 42.1 Å². The molecule has 1 aromatic heterocycles. The molecule has 3 nitrogen and oxygen atoms in total. The molecule has 1 N–H and O–H groups in total. The number of hydrogen-bond donors (Lipinski definition) is 1. The van der Waals surface area contributed by atoms with Crippen LogP contribution in [0.15, 0.2) is 54.7 Å². The van der Waals surface area contributed by atoms with Crippen molar-refractivity contribution in [1.82, 2.24) is 9.88 Å². The summed E-state index contributed by atoms with van der Waals surface area (Å²) in [6, 6.07) is 16.3. The van der Waals surface area contributed by atoms with Gasteiger partial charge in [-0.2, -0.15) is 0 Å². The molecule has 0 unspecified atom stereocenters. The number of nitrogens with one attached hydrogen (secondary N) is 1. The van der Waals surface area contributed by atoms with Crippen LogP contribution in [0.3, 0.4) is 0 Å². The molecule has 0 saturated carbocycles. The van der Waals surface area contributed by atoms with Crippen LogP contribution in [0.25, 0.3) is 10.9 Å². The van der Waals surface area contributed by atoms with Crippen molar-refractivity contribution in [2.45, 2.75) is 19.9 Å². The highest BCUT2D eigenvalue weighted by molar-refractivity contribution is 6.06. The molecular formula is C19H20N2O. The largest absolute Gasteiger partial charge is 0.350 e. The Bertz CT molecular complexity index is 800. The number of amides is 1. The van der Waals surface area contributed by atoms with Crippen LogP contribution in [0.2, 0.25) is 0 Å². The maximum Gasteiger partial charge on any atom is 0.253 e. The first-order valence-electron chi connectivity index (χ1n) is 7.59. The third kappa shape index (κ3) is 2.75. The summed E-state index contributed by atoms with van der Waals surface area (Å²) < 4.78 is 1.99. The van der Waals surface area contributed by atoms with Crippen molar-refractivity contribution in [2.24, 2.45) is 7.05 Å². The van der Waals surface area contributed by atoms with E-state index in [1.165, 1.54) is 5.56 Å². The van der Waals surface area contributed by atoms with Crippen molar-refractivity contribution in [1.29, 1.82) is 0 Å². The molecule has 22 heavy (non-hydrogen) atoms. The third-order valence-electron chi connectivity index (χ3n) is 4.03. The first-order chi connectivity index (χ1) is 10.7. The lowest BCUT2D eigenvalue weighted by Crippen LogP contribution is -2.22. The number of aromatic nitrogens is 1. The Kier molecular flexibility index (Phi) is 3.96. The van der Waals surface area contributed by atoms with Gasteiger partial charge in [-0.3, -0.25) is 4.79 Å². The molecule has 3 rings (SSSR count). The summed E-state index contributed by atoms with van der Waals surface area (Å²) in [5, 5.41) is 4.00. The summed E-state index contributed by atoms with van der Waals surface area (Å²) in [6.45, 7) is 2.68. The summed E-state index contributed by atoms with van der Waals surface area (Å²) >= 11 is 0. The zero-order valence-corrected chi connectivity index (χ0v) is 13.0. The minimum absolute atomic E-state index is 0.0311. The van der Waals surface area contributed by atoms with Crippen LogP contribution in [0.4, 0.5) is 0 Å². The number of fused-ring (bicyclic) bond motifs is 1. The Hall–Kier alpha value is -2.55. The average Bonchev–Trinajstić information content (AvgIpc) is 2.91. The molecule has 0 fully saturated rings. The number of nitrogens with zero attached hydrogens (tertiary/aromatic N) is 1. The number of para-hydroxylation sites is 1. The highest BCUT2D eigenvalue weighted by Gasteiger charge is 2.12. The van der Waals surface area contributed by atoms with Gasteiger partial charge in [0, 0.05) is 30.7 Å². The monoisotopic (exact) mass is 292 g/mol. The smallest absolute Gasteiger partial charge is 0.253 e. The van der Waals surface area contributed by atoms with Crippen LogP contribution in [0.1, 0.15) is 28.4 Å². The number of rotatable bonds is 4. The molecule has 3 heteroatoms. The van der Waals surface area contributed by atoms with Gasteiger partial charge in [-0.15, -0.1) is 0 Å². The lowest BCUT2D eigenvalue weighted by atomic mass is 10.1. The fourth-order valence-corrected chi connectivity index (χ4v) is 2.69. The Morgan fingerprint density at radius 3 is 2.45 bits per heavy atom. The number of aryl methyl sites for hydroxylation is 2. The lowest BCUT2D eigenvalue weighted by Gasteiger charge is -2.05. The molecule has 0 aliphatic carbocycles. The Labute approximate surface area is 130 Å². The van der Waals surface area contributed by atoms with E-state index in [-0.39, 0.29) is 5.91 Å².